The third-order valence-electron chi connectivity index (χ3n) is 5.12. The zero-order valence-electron chi connectivity index (χ0n) is 14.6. The Bertz CT molecular complexity index is 933. The maximum absolute atomic E-state index is 15.0. The van der Waals surface area contributed by atoms with Crippen molar-refractivity contribution in [1.29, 1.82) is 0 Å². The quantitative estimate of drug-likeness (QED) is 0.700. The molecule has 1 aliphatic rings. The van der Waals surface area contributed by atoms with Crippen molar-refractivity contribution >= 4 is 27.9 Å². The second-order valence-electron chi connectivity index (χ2n) is 6.97. The van der Waals surface area contributed by atoms with Gasteiger partial charge < -0.3 is 4.90 Å². The number of likely N-dealkylation sites (tertiary alicyclic amines) is 1. The van der Waals surface area contributed by atoms with Gasteiger partial charge in [0.25, 0.3) is 0 Å². The summed E-state index contributed by atoms with van der Waals surface area (Å²) in [5.74, 6) is -0.351. The van der Waals surface area contributed by atoms with E-state index in [0.717, 1.165) is 21.2 Å². The third kappa shape index (κ3) is 3.39. The molecule has 0 saturated carbocycles. The molecule has 0 spiro atoms. The molecule has 0 amide bonds. The van der Waals surface area contributed by atoms with Crippen molar-refractivity contribution in [1.82, 2.24) is 14.9 Å². The number of aromatic nitrogens is 2. The number of pyridine rings is 1. The Balaban J connectivity index is 1.57. The van der Waals surface area contributed by atoms with Crippen LogP contribution < -0.4 is 0 Å². The lowest BCUT2D eigenvalue weighted by molar-refractivity contribution is -0.132. The summed E-state index contributed by atoms with van der Waals surface area (Å²) >= 11 is 1.58. The predicted molar refractivity (Wildman–Crippen MR) is 102 cm³/mol. The second-order valence-corrected chi connectivity index (χ2v) is 7.86. The molecule has 6 heteroatoms. The van der Waals surface area contributed by atoms with E-state index >= 15 is 0 Å². The van der Waals surface area contributed by atoms with Gasteiger partial charge in [-0.25, -0.2) is 4.39 Å². The topological polar surface area (TPSA) is 46.1 Å². The first-order valence-corrected chi connectivity index (χ1v) is 9.60. The lowest BCUT2D eigenvalue weighted by Crippen LogP contribution is -2.45. The lowest BCUT2D eigenvalue weighted by atomic mass is 9.87. The first-order chi connectivity index (χ1) is 12.5. The molecule has 4 nitrogen and oxygen atoms in total. The van der Waals surface area contributed by atoms with Crippen LogP contribution in [-0.4, -0.2) is 46.5 Å². The van der Waals surface area contributed by atoms with E-state index in [1.807, 2.05) is 31.4 Å². The average Bonchev–Trinajstić information content (AvgIpc) is 3.18. The second kappa shape index (κ2) is 6.85. The predicted octanol–water partition coefficient (Wildman–Crippen LogP) is 3.90. The number of ketones is 1. The van der Waals surface area contributed by atoms with Crippen LogP contribution in [0, 0.1) is 0 Å². The Labute approximate surface area is 155 Å². The van der Waals surface area contributed by atoms with Gasteiger partial charge in [-0.2, -0.15) is 0 Å². The summed E-state index contributed by atoms with van der Waals surface area (Å²) < 4.78 is 15.0. The molecule has 1 fully saturated rings. The summed E-state index contributed by atoms with van der Waals surface area (Å²) in [5.41, 5.74) is 1.80. The van der Waals surface area contributed by atoms with E-state index in [1.165, 1.54) is 0 Å². The molecule has 0 N–H and O–H groups in total. The molecule has 1 aliphatic heterocycles. The summed E-state index contributed by atoms with van der Waals surface area (Å²) in [6.45, 7) is 1.23. The Kier molecular flexibility index (Phi) is 4.54. The largest absolute Gasteiger partial charge is 0.306 e. The molecular weight excluding hydrogens is 349 g/mol. The molecule has 26 heavy (non-hydrogen) atoms. The van der Waals surface area contributed by atoms with Crippen molar-refractivity contribution < 1.29 is 9.18 Å². The van der Waals surface area contributed by atoms with Gasteiger partial charge in [0.2, 0.25) is 0 Å². The summed E-state index contributed by atoms with van der Waals surface area (Å²) in [6.07, 6.45) is 4.18. The van der Waals surface area contributed by atoms with Crippen LogP contribution >= 0.6 is 11.3 Å². The molecule has 0 radical (unpaired) electrons. The van der Waals surface area contributed by atoms with Crippen molar-refractivity contribution in [2.45, 2.75) is 24.9 Å². The Morgan fingerprint density at radius 3 is 2.77 bits per heavy atom. The minimum absolute atomic E-state index is 0.0426. The molecule has 4 rings (SSSR count). The van der Waals surface area contributed by atoms with Gasteiger partial charge in [0.05, 0.1) is 16.8 Å². The number of thiazole rings is 1. The van der Waals surface area contributed by atoms with Crippen molar-refractivity contribution in [3.8, 4) is 10.4 Å². The van der Waals surface area contributed by atoms with Gasteiger partial charge in [0.15, 0.2) is 11.5 Å². The summed E-state index contributed by atoms with van der Waals surface area (Å²) in [4.78, 5) is 24.2. The molecule has 3 aromatic rings. The lowest BCUT2D eigenvalue weighted by Gasteiger charge is -2.33. The molecule has 0 aliphatic carbocycles. The number of piperidine rings is 1. The number of alkyl halides is 1. The molecule has 134 valence electrons. The van der Waals surface area contributed by atoms with Crippen LogP contribution in [0.1, 0.15) is 18.5 Å². The Morgan fingerprint density at radius 2 is 2.04 bits per heavy atom. The zero-order chi connectivity index (χ0) is 18.1. The van der Waals surface area contributed by atoms with Crippen LogP contribution in [0.15, 0.2) is 42.2 Å². The first kappa shape index (κ1) is 17.2. The van der Waals surface area contributed by atoms with Crippen LogP contribution in [0.2, 0.25) is 0 Å². The van der Waals surface area contributed by atoms with Crippen LogP contribution in [0.4, 0.5) is 4.39 Å². The summed E-state index contributed by atoms with van der Waals surface area (Å²) in [5, 5.41) is 2.01. The van der Waals surface area contributed by atoms with Crippen molar-refractivity contribution in [2.24, 2.45) is 0 Å². The molecular formula is C20H20FN3OS. The standard InChI is InChI=1S/C20H20FN3OS/c1-24-6-4-20(21,5-7-24)19(25)10-17-9-16-8-14(18-12-22-13-26-18)2-3-15(16)11-23-17/h2-3,8-9,11-13H,4-7,10H2,1H3. The van der Waals surface area contributed by atoms with Gasteiger partial charge in [-0.1, -0.05) is 12.1 Å². The number of hydrogen-bond donors (Lipinski definition) is 0. The number of fused-ring (bicyclic) bond motifs is 1. The maximum Gasteiger partial charge on any atom is 0.175 e. The molecule has 1 saturated heterocycles. The minimum Gasteiger partial charge on any atom is -0.306 e. The number of carbonyl (C=O) groups is 1. The van der Waals surface area contributed by atoms with E-state index in [4.69, 9.17) is 0 Å². The van der Waals surface area contributed by atoms with E-state index in [0.29, 0.717) is 18.8 Å². The highest BCUT2D eigenvalue weighted by molar-refractivity contribution is 7.13. The van der Waals surface area contributed by atoms with Crippen LogP contribution in [0.3, 0.4) is 0 Å². The highest BCUT2D eigenvalue weighted by Crippen LogP contribution is 2.30. The summed E-state index contributed by atoms with van der Waals surface area (Å²) in [7, 11) is 1.95. The molecule has 0 atom stereocenters. The van der Waals surface area contributed by atoms with E-state index < -0.39 is 5.67 Å². The van der Waals surface area contributed by atoms with E-state index in [1.54, 1.807) is 23.0 Å². The van der Waals surface area contributed by atoms with Crippen LogP contribution in [-0.2, 0) is 11.2 Å². The molecule has 0 unspecified atom stereocenters. The van der Waals surface area contributed by atoms with Crippen LogP contribution in [0.25, 0.3) is 21.2 Å². The zero-order valence-corrected chi connectivity index (χ0v) is 15.4. The Morgan fingerprint density at radius 1 is 1.23 bits per heavy atom. The first-order valence-electron chi connectivity index (χ1n) is 8.72. The van der Waals surface area contributed by atoms with Gasteiger partial charge in [0.1, 0.15) is 0 Å². The SMILES string of the molecule is CN1CCC(F)(C(=O)Cc2cc3cc(-c4cncs4)ccc3cn2)CC1. The van der Waals surface area contributed by atoms with Gasteiger partial charge >= 0.3 is 0 Å². The highest BCUT2D eigenvalue weighted by Gasteiger charge is 2.40. The smallest absolute Gasteiger partial charge is 0.175 e. The number of hydrogen-bond acceptors (Lipinski definition) is 5. The third-order valence-corrected chi connectivity index (χ3v) is 5.94. The van der Waals surface area contributed by atoms with Crippen molar-refractivity contribution in [3.63, 3.8) is 0 Å². The maximum atomic E-state index is 15.0. The fourth-order valence-corrected chi connectivity index (χ4v) is 3.99. The number of nitrogens with zero attached hydrogens (tertiary/aromatic N) is 3. The fraction of sp³-hybridized carbons (Fsp3) is 0.350. The number of benzene rings is 1. The van der Waals surface area contributed by atoms with E-state index in [9.17, 15) is 9.18 Å². The highest BCUT2D eigenvalue weighted by atomic mass is 32.1. The van der Waals surface area contributed by atoms with Gasteiger partial charge in [-0.3, -0.25) is 14.8 Å². The summed E-state index contributed by atoms with van der Waals surface area (Å²) in [6, 6.07) is 8.02. The van der Waals surface area contributed by atoms with E-state index in [-0.39, 0.29) is 25.0 Å². The van der Waals surface area contributed by atoms with Crippen molar-refractivity contribution in [2.75, 3.05) is 20.1 Å². The average molecular weight is 369 g/mol. The number of Topliss-reactive ketones (excluding diaryl/α,β-unsaturated/α-hetero) is 1. The molecule has 2 aromatic heterocycles. The van der Waals surface area contributed by atoms with Crippen molar-refractivity contribution in [3.05, 3.63) is 47.9 Å². The van der Waals surface area contributed by atoms with Gasteiger partial charge in [0, 0.05) is 49.4 Å². The molecule has 0 bridgehead atoms. The van der Waals surface area contributed by atoms with E-state index in [2.05, 4.69) is 20.9 Å². The monoisotopic (exact) mass is 369 g/mol. The van der Waals surface area contributed by atoms with Crippen LogP contribution in [0.5, 0.6) is 0 Å². The number of rotatable bonds is 4. The molecule has 1 aromatic carbocycles. The number of halogens is 1. The molecule has 3 heterocycles. The van der Waals surface area contributed by atoms with Gasteiger partial charge in [-0.05, 0) is 30.1 Å². The van der Waals surface area contributed by atoms with Gasteiger partial charge in [-0.15, -0.1) is 11.3 Å². The minimum atomic E-state index is -1.71. The fourth-order valence-electron chi connectivity index (χ4n) is 3.37. The Hall–Kier alpha value is -2.18. The normalized spacial score (nSPS) is 17.5. The number of carbonyl (C=O) groups excluding carboxylic acids is 1.